The molecule has 0 aromatic carbocycles. The van der Waals surface area contributed by atoms with Crippen molar-refractivity contribution in [2.45, 2.75) is 6.04 Å². The Labute approximate surface area is 107 Å². The summed E-state index contributed by atoms with van der Waals surface area (Å²) in [7, 11) is 5.50. The molecule has 18 heavy (non-hydrogen) atoms. The average Bonchev–Trinajstić information content (AvgIpc) is 2.41. The number of carbonyl (C=O) groups excluding carboxylic acids is 1. The van der Waals surface area contributed by atoms with Crippen LogP contribution in [0.2, 0.25) is 0 Å². The molecule has 0 spiro atoms. The summed E-state index contributed by atoms with van der Waals surface area (Å²) >= 11 is 0. The average molecular weight is 250 g/mol. The molecule has 1 aliphatic rings. The van der Waals surface area contributed by atoms with Gasteiger partial charge in [-0.1, -0.05) is 0 Å². The first-order valence-electron chi connectivity index (χ1n) is 5.91. The molecule has 0 radical (unpaired) electrons. The minimum absolute atomic E-state index is 0.0618. The zero-order chi connectivity index (χ0) is 13.1. The van der Waals surface area contributed by atoms with Crippen molar-refractivity contribution in [3.05, 3.63) is 18.0 Å². The molecule has 1 aliphatic heterocycles. The van der Waals surface area contributed by atoms with E-state index in [1.807, 2.05) is 14.1 Å². The monoisotopic (exact) mass is 250 g/mol. The number of piperazine rings is 1. The molecule has 0 N–H and O–H groups in total. The van der Waals surface area contributed by atoms with Crippen LogP contribution in [0.15, 0.2) is 12.4 Å². The quantitative estimate of drug-likeness (QED) is 0.699. The highest BCUT2D eigenvalue weighted by Gasteiger charge is 2.29. The van der Waals surface area contributed by atoms with Crippen LogP contribution in [0.25, 0.3) is 0 Å². The minimum atomic E-state index is -0.124. The molecule has 6 heteroatoms. The number of Topliss-reactive ketones (excluding diaryl/α,β-unsaturated/α-hetero) is 1. The van der Waals surface area contributed by atoms with E-state index < -0.39 is 0 Å². The third-order valence-corrected chi connectivity index (χ3v) is 3.25. The summed E-state index contributed by atoms with van der Waals surface area (Å²) in [6.07, 6.45) is 3.05. The molecule has 2 heterocycles. The molecule has 1 aromatic rings. The molecule has 1 fully saturated rings. The number of ketones is 1. The number of carbonyl (C=O) groups is 1. The SMILES string of the molecule is COc1ncc(C(=O)C2CN(C)CCN2C)cn1. The zero-order valence-electron chi connectivity index (χ0n) is 11.0. The summed E-state index contributed by atoms with van der Waals surface area (Å²) < 4.78 is 4.88. The number of likely N-dealkylation sites (N-methyl/N-ethyl adjacent to an activating group) is 2. The summed E-state index contributed by atoms with van der Waals surface area (Å²) in [5, 5.41) is 0. The Kier molecular flexibility index (Phi) is 3.88. The maximum atomic E-state index is 12.4. The second-order valence-corrected chi connectivity index (χ2v) is 4.58. The van der Waals surface area contributed by atoms with Gasteiger partial charge in [-0.3, -0.25) is 9.69 Å². The van der Waals surface area contributed by atoms with Crippen molar-refractivity contribution in [3.63, 3.8) is 0 Å². The van der Waals surface area contributed by atoms with Crippen LogP contribution >= 0.6 is 0 Å². The second-order valence-electron chi connectivity index (χ2n) is 4.58. The van der Waals surface area contributed by atoms with Crippen molar-refractivity contribution in [1.82, 2.24) is 19.8 Å². The van der Waals surface area contributed by atoms with E-state index in [4.69, 9.17) is 4.74 Å². The topological polar surface area (TPSA) is 58.6 Å². The van der Waals surface area contributed by atoms with Gasteiger partial charge in [-0.2, -0.15) is 0 Å². The lowest BCUT2D eigenvalue weighted by atomic mass is 10.0. The summed E-state index contributed by atoms with van der Waals surface area (Å²) in [5.74, 6) is 0.0618. The van der Waals surface area contributed by atoms with Crippen LogP contribution < -0.4 is 4.74 Å². The number of methoxy groups -OCH3 is 1. The predicted octanol–water partition coefficient (Wildman–Crippen LogP) is -0.0863. The molecule has 0 amide bonds. The highest BCUT2D eigenvalue weighted by Crippen LogP contribution is 2.12. The minimum Gasteiger partial charge on any atom is -0.467 e. The summed E-state index contributed by atoms with van der Waals surface area (Å²) in [5.41, 5.74) is 0.531. The normalized spacial score (nSPS) is 21.8. The fourth-order valence-electron chi connectivity index (χ4n) is 2.03. The molecule has 1 unspecified atom stereocenters. The second kappa shape index (κ2) is 5.41. The Bertz CT molecular complexity index is 421. The predicted molar refractivity (Wildman–Crippen MR) is 66.8 cm³/mol. The van der Waals surface area contributed by atoms with E-state index in [1.54, 1.807) is 0 Å². The van der Waals surface area contributed by atoms with Gasteiger partial charge in [0.2, 0.25) is 0 Å². The Hall–Kier alpha value is -1.53. The van der Waals surface area contributed by atoms with E-state index in [-0.39, 0.29) is 17.8 Å². The fraction of sp³-hybridized carbons (Fsp3) is 0.583. The van der Waals surface area contributed by atoms with Gasteiger partial charge in [-0.25, -0.2) is 9.97 Å². The molecule has 0 aliphatic carbocycles. The van der Waals surface area contributed by atoms with Gasteiger partial charge in [0.25, 0.3) is 0 Å². The molecule has 1 atom stereocenters. The smallest absolute Gasteiger partial charge is 0.316 e. The number of rotatable bonds is 3. The van der Waals surface area contributed by atoms with E-state index in [1.165, 1.54) is 19.5 Å². The van der Waals surface area contributed by atoms with Crippen molar-refractivity contribution < 1.29 is 9.53 Å². The molecule has 0 bridgehead atoms. The van der Waals surface area contributed by atoms with Crippen LogP contribution in [0.1, 0.15) is 10.4 Å². The Balaban J connectivity index is 2.13. The molecule has 98 valence electrons. The number of aromatic nitrogens is 2. The van der Waals surface area contributed by atoms with Gasteiger partial charge in [0.05, 0.1) is 18.7 Å². The van der Waals surface area contributed by atoms with Crippen LogP contribution in [0.4, 0.5) is 0 Å². The highest BCUT2D eigenvalue weighted by molar-refractivity contribution is 5.99. The van der Waals surface area contributed by atoms with Crippen LogP contribution in [-0.2, 0) is 0 Å². The Morgan fingerprint density at radius 2 is 2.00 bits per heavy atom. The van der Waals surface area contributed by atoms with Crippen LogP contribution in [0.5, 0.6) is 6.01 Å². The lowest BCUT2D eigenvalue weighted by Crippen LogP contribution is -2.53. The van der Waals surface area contributed by atoms with E-state index in [0.29, 0.717) is 5.56 Å². The van der Waals surface area contributed by atoms with E-state index >= 15 is 0 Å². The van der Waals surface area contributed by atoms with Crippen molar-refractivity contribution in [3.8, 4) is 6.01 Å². The van der Waals surface area contributed by atoms with Crippen molar-refractivity contribution >= 4 is 5.78 Å². The van der Waals surface area contributed by atoms with Gasteiger partial charge in [-0.05, 0) is 14.1 Å². The molecule has 1 saturated heterocycles. The van der Waals surface area contributed by atoms with E-state index in [0.717, 1.165) is 19.6 Å². The van der Waals surface area contributed by atoms with Gasteiger partial charge in [0.1, 0.15) is 0 Å². The van der Waals surface area contributed by atoms with Crippen LogP contribution in [0.3, 0.4) is 0 Å². The van der Waals surface area contributed by atoms with Gasteiger partial charge in [0, 0.05) is 32.0 Å². The van der Waals surface area contributed by atoms with E-state index in [2.05, 4.69) is 19.8 Å². The lowest BCUT2D eigenvalue weighted by Gasteiger charge is -2.36. The standard InChI is InChI=1S/C12H18N4O2/c1-15-4-5-16(2)10(8-15)11(17)9-6-13-12(18-3)14-7-9/h6-7,10H,4-5,8H2,1-3H3. The van der Waals surface area contributed by atoms with Gasteiger partial charge in [0.15, 0.2) is 5.78 Å². The van der Waals surface area contributed by atoms with Gasteiger partial charge < -0.3 is 9.64 Å². The maximum Gasteiger partial charge on any atom is 0.316 e. The molecule has 1 aromatic heterocycles. The Morgan fingerprint density at radius 3 is 2.61 bits per heavy atom. The third-order valence-electron chi connectivity index (χ3n) is 3.25. The molecular formula is C12H18N4O2. The summed E-state index contributed by atoms with van der Waals surface area (Å²) in [4.78, 5) is 24.5. The first-order valence-corrected chi connectivity index (χ1v) is 5.91. The molecule has 6 nitrogen and oxygen atoms in total. The van der Waals surface area contributed by atoms with Crippen molar-refractivity contribution in [1.29, 1.82) is 0 Å². The van der Waals surface area contributed by atoms with Crippen molar-refractivity contribution in [2.75, 3.05) is 40.8 Å². The number of nitrogens with zero attached hydrogens (tertiary/aromatic N) is 4. The third kappa shape index (κ3) is 2.65. The van der Waals surface area contributed by atoms with Crippen LogP contribution in [0, 0.1) is 0 Å². The summed E-state index contributed by atoms with van der Waals surface area (Å²) in [6, 6.07) is 0.154. The molecule has 0 saturated carbocycles. The zero-order valence-corrected chi connectivity index (χ0v) is 11.0. The van der Waals surface area contributed by atoms with E-state index in [9.17, 15) is 4.79 Å². The first-order chi connectivity index (χ1) is 8.61. The number of ether oxygens (including phenoxy) is 1. The number of hydrogen-bond acceptors (Lipinski definition) is 6. The maximum absolute atomic E-state index is 12.4. The molecular weight excluding hydrogens is 232 g/mol. The lowest BCUT2D eigenvalue weighted by molar-refractivity contribution is 0.0685. The van der Waals surface area contributed by atoms with Crippen LogP contribution in [-0.4, -0.2) is 72.4 Å². The first kappa shape index (κ1) is 12.9. The molecule has 2 rings (SSSR count). The fourth-order valence-corrected chi connectivity index (χ4v) is 2.03. The largest absolute Gasteiger partial charge is 0.467 e. The summed E-state index contributed by atoms with van der Waals surface area (Å²) in [6.45, 7) is 2.62. The van der Waals surface area contributed by atoms with Gasteiger partial charge >= 0.3 is 6.01 Å². The highest BCUT2D eigenvalue weighted by atomic mass is 16.5. The Morgan fingerprint density at radius 1 is 1.33 bits per heavy atom. The van der Waals surface area contributed by atoms with Gasteiger partial charge in [-0.15, -0.1) is 0 Å². The van der Waals surface area contributed by atoms with Crippen molar-refractivity contribution in [2.24, 2.45) is 0 Å². The number of hydrogen-bond donors (Lipinski definition) is 0.